The first-order valence-corrected chi connectivity index (χ1v) is 6.37. The second-order valence-electron chi connectivity index (χ2n) is 3.83. The van der Waals surface area contributed by atoms with Crippen molar-refractivity contribution in [2.75, 3.05) is 36.9 Å². The minimum Gasteiger partial charge on any atom is -0.374 e. The van der Waals surface area contributed by atoms with Crippen LogP contribution in [-0.4, -0.2) is 42.7 Å². The molecule has 0 fully saturated rings. The molecular formula is C12H20F2N4O. The maximum atomic E-state index is 11.8. The van der Waals surface area contributed by atoms with Crippen LogP contribution < -0.4 is 10.6 Å². The van der Waals surface area contributed by atoms with Gasteiger partial charge in [0.05, 0.1) is 6.61 Å². The van der Waals surface area contributed by atoms with Crippen LogP contribution in [0.1, 0.15) is 19.7 Å². The fourth-order valence-corrected chi connectivity index (χ4v) is 1.44. The van der Waals surface area contributed by atoms with Crippen LogP contribution >= 0.6 is 0 Å². The lowest BCUT2D eigenvalue weighted by Gasteiger charge is -2.10. The summed E-state index contributed by atoms with van der Waals surface area (Å²) in [5.74, 6) is 2.16. The predicted molar refractivity (Wildman–Crippen MR) is 70.9 cm³/mol. The molecule has 5 nitrogen and oxygen atoms in total. The first kappa shape index (κ1) is 15.6. The molecule has 0 spiro atoms. The summed E-state index contributed by atoms with van der Waals surface area (Å²) < 4.78 is 28.5. The second kappa shape index (κ2) is 8.58. The number of rotatable bonds is 9. The number of nitrogens with zero attached hydrogens (tertiary/aromatic N) is 2. The molecule has 108 valence electrons. The van der Waals surface area contributed by atoms with E-state index in [0.29, 0.717) is 12.4 Å². The Morgan fingerprint density at radius 3 is 2.47 bits per heavy atom. The topological polar surface area (TPSA) is 59.1 Å². The van der Waals surface area contributed by atoms with Crippen molar-refractivity contribution >= 4 is 11.6 Å². The molecule has 0 unspecified atom stereocenters. The molecule has 19 heavy (non-hydrogen) atoms. The molecule has 2 N–H and O–H groups in total. The van der Waals surface area contributed by atoms with E-state index in [1.54, 1.807) is 6.07 Å². The second-order valence-corrected chi connectivity index (χ2v) is 3.83. The van der Waals surface area contributed by atoms with Crippen LogP contribution in [0.25, 0.3) is 0 Å². The highest BCUT2D eigenvalue weighted by atomic mass is 19.3. The maximum Gasteiger partial charge on any atom is 0.261 e. The van der Waals surface area contributed by atoms with Gasteiger partial charge in [0.1, 0.15) is 24.1 Å². The van der Waals surface area contributed by atoms with E-state index in [-0.39, 0.29) is 6.61 Å². The van der Waals surface area contributed by atoms with Crippen molar-refractivity contribution < 1.29 is 13.5 Å². The zero-order valence-corrected chi connectivity index (χ0v) is 11.2. The van der Waals surface area contributed by atoms with Gasteiger partial charge in [-0.1, -0.05) is 6.92 Å². The lowest BCUT2D eigenvalue weighted by molar-refractivity contribution is 0.0215. The summed E-state index contributed by atoms with van der Waals surface area (Å²) in [7, 11) is 0. The minimum absolute atomic E-state index is 0.215. The zero-order valence-electron chi connectivity index (χ0n) is 11.2. The van der Waals surface area contributed by atoms with E-state index in [1.807, 2.05) is 13.8 Å². The van der Waals surface area contributed by atoms with E-state index in [0.717, 1.165) is 24.6 Å². The van der Waals surface area contributed by atoms with Crippen molar-refractivity contribution in [2.24, 2.45) is 0 Å². The maximum absolute atomic E-state index is 11.8. The van der Waals surface area contributed by atoms with Crippen LogP contribution in [0.5, 0.6) is 0 Å². The van der Waals surface area contributed by atoms with Crippen LogP contribution in [0.3, 0.4) is 0 Å². The van der Waals surface area contributed by atoms with Gasteiger partial charge in [-0.15, -0.1) is 0 Å². The molecule has 0 aliphatic heterocycles. The molecule has 1 aromatic rings. The van der Waals surface area contributed by atoms with Gasteiger partial charge in [-0.05, 0) is 6.92 Å². The van der Waals surface area contributed by atoms with E-state index in [4.69, 9.17) is 4.74 Å². The molecule has 1 aromatic heterocycles. The third kappa shape index (κ3) is 6.28. The van der Waals surface area contributed by atoms with E-state index >= 15 is 0 Å². The smallest absolute Gasteiger partial charge is 0.261 e. The summed E-state index contributed by atoms with van der Waals surface area (Å²) in [5.41, 5.74) is 0. The van der Waals surface area contributed by atoms with Gasteiger partial charge in [0.15, 0.2) is 0 Å². The normalized spacial score (nSPS) is 10.8. The highest BCUT2D eigenvalue weighted by Crippen LogP contribution is 2.11. The third-order valence-electron chi connectivity index (χ3n) is 2.24. The Hall–Kier alpha value is -1.50. The van der Waals surface area contributed by atoms with Crippen molar-refractivity contribution in [3.8, 4) is 0 Å². The molecule has 1 heterocycles. The highest BCUT2D eigenvalue weighted by molar-refractivity contribution is 5.47. The van der Waals surface area contributed by atoms with Gasteiger partial charge in [-0.25, -0.2) is 18.7 Å². The molecule has 0 saturated heterocycles. The Morgan fingerprint density at radius 1 is 1.21 bits per heavy atom. The summed E-state index contributed by atoms with van der Waals surface area (Å²) in [5, 5.41) is 6.15. The predicted octanol–water partition coefficient (Wildman–Crippen LogP) is 2.16. The minimum atomic E-state index is -2.42. The molecule has 1 rings (SSSR count). The molecule has 0 radical (unpaired) electrons. The van der Waals surface area contributed by atoms with E-state index in [2.05, 4.69) is 20.6 Å². The van der Waals surface area contributed by atoms with Gasteiger partial charge < -0.3 is 15.4 Å². The Balaban J connectivity index is 2.45. The van der Waals surface area contributed by atoms with Gasteiger partial charge >= 0.3 is 0 Å². The Kier molecular flexibility index (Phi) is 7.02. The summed E-state index contributed by atoms with van der Waals surface area (Å²) in [6.45, 7) is 4.84. The Morgan fingerprint density at radius 2 is 1.89 bits per heavy atom. The summed E-state index contributed by atoms with van der Waals surface area (Å²) >= 11 is 0. The van der Waals surface area contributed by atoms with Crippen molar-refractivity contribution in [3.63, 3.8) is 0 Å². The summed E-state index contributed by atoms with van der Waals surface area (Å²) in [6, 6.07) is 1.79. The van der Waals surface area contributed by atoms with Crippen molar-refractivity contribution in [1.29, 1.82) is 0 Å². The number of aryl methyl sites for hydroxylation is 1. The first-order valence-electron chi connectivity index (χ1n) is 6.37. The quantitative estimate of drug-likeness (QED) is 0.676. The average molecular weight is 274 g/mol. The first-order chi connectivity index (χ1) is 9.15. The number of anilines is 2. The SMILES string of the molecule is CCNc1cc(NCCOCC(F)F)nc(CC)n1. The molecular weight excluding hydrogens is 254 g/mol. The third-order valence-corrected chi connectivity index (χ3v) is 2.24. The number of nitrogens with one attached hydrogen (secondary N) is 2. The van der Waals surface area contributed by atoms with Crippen LogP contribution in [0.2, 0.25) is 0 Å². The number of alkyl halides is 2. The van der Waals surface area contributed by atoms with Crippen molar-refractivity contribution in [1.82, 2.24) is 9.97 Å². The number of hydrogen-bond donors (Lipinski definition) is 2. The van der Waals surface area contributed by atoms with Gasteiger partial charge in [-0.2, -0.15) is 0 Å². The number of ether oxygens (including phenoxy) is 1. The summed E-state index contributed by atoms with van der Waals surface area (Å²) in [4.78, 5) is 8.62. The zero-order chi connectivity index (χ0) is 14.1. The van der Waals surface area contributed by atoms with Gasteiger partial charge in [0.25, 0.3) is 6.43 Å². The monoisotopic (exact) mass is 274 g/mol. The van der Waals surface area contributed by atoms with Gasteiger partial charge in [0.2, 0.25) is 0 Å². The van der Waals surface area contributed by atoms with Gasteiger partial charge in [-0.3, -0.25) is 0 Å². The highest BCUT2D eigenvalue weighted by Gasteiger charge is 2.04. The number of hydrogen-bond acceptors (Lipinski definition) is 5. The fourth-order valence-electron chi connectivity index (χ4n) is 1.44. The summed E-state index contributed by atoms with van der Waals surface area (Å²) in [6.07, 6.45) is -1.69. The van der Waals surface area contributed by atoms with Crippen LogP contribution in [-0.2, 0) is 11.2 Å². The van der Waals surface area contributed by atoms with E-state index in [9.17, 15) is 8.78 Å². The lowest BCUT2D eigenvalue weighted by atomic mass is 10.4. The van der Waals surface area contributed by atoms with Crippen LogP contribution in [0.15, 0.2) is 6.07 Å². The molecule has 0 bridgehead atoms. The van der Waals surface area contributed by atoms with Crippen LogP contribution in [0, 0.1) is 0 Å². The molecule has 0 aliphatic rings. The largest absolute Gasteiger partial charge is 0.374 e. The molecule has 0 atom stereocenters. The number of halogens is 2. The van der Waals surface area contributed by atoms with Crippen molar-refractivity contribution in [2.45, 2.75) is 26.7 Å². The Bertz CT molecular complexity index is 377. The standard InChI is InChI=1S/C12H20F2N4O/c1-3-10-17-11(15-4-2)7-12(18-10)16-5-6-19-8-9(13)14/h7,9H,3-6,8H2,1-2H3,(H2,15,16,17,18). The average Bonchev–Trinajstić information content (AvgIpc) is 2.38. The molecule has 0 aromatic carbocycles. The fraction of sp³-hybridized carbons (Fsp3) is 0.667. The van der Waals surface area contributed by atoms with Gasteiger partial charge in [0, 0.05) is 25.6 Å². The van der Waals surface area contributed by atoms with Crippen LogP contribution in [0.4, 0.5) is 20.4 Å². The van der Waals surface area contributed by atoms with E-state index < -0.39 is 13.0 Å². The molecule has 0 amide bonds. The molecule has 7 heteroatoms. The molecule has 0 aliphatic carbocycles. The number of aromatic nitrogens is 2. The Labute approximate surface area is 111 Å². The molecule has 0 saturated carbocycles. The lowest BCUT2D eigenvalue weighted by Crippen LogP contribution is -2.14. The van der Waals surface area contributed by atoms with E-state index in [1.165, 1.54) is 0 Å². The van der Waals surface area contributed by atoms with Crippen molar-refractivity contribution in [3.05, 3.63) is 11.9 Å².